The SMILES string of the molecule is C=CC(C)c1cccc(I)c1Br. The summed E-state index contributed by atoms with van der Waals surface area (Å²) in [7, 11) is 0. The Morgan fingerprint density at radius 1 is 1.58 bits per heavy atom. The average Bonchev–Trinajstić information content (AvgIpc) is 2.08. The van der Waals surface area contributed by atoms with Crippen LogP contribution in [0, 0.1) is 3.57 Å². The Kier molecular flexibility index (Phi) is 3.77. The molecule has 0 saturated heterocycles. The molecular formula is C10H10BrI. The van der Waals surface area contributed by atoms with Crippen LogP contribution in [-0.2, 0) is 0 Å². The lowest BCUT2D eigenvalue weighted by Crippen LogP contribution is -1.91. The molecule has 64 valence electrons. The summed E-state index contributed by atoms with van der Waals surface area (Å²) < 4.78 is 2.44. The number of allylic oxidation sites excluding steroid dienone is 1. The van der Waals surface area contributed by atoms with Crippen molar-refractivity contribution in [3.05, 3.63) is 44.5 Å². The van der Waals surface area contributed by atoms with Crippen LogP contribution in [-0.4, -0.2) is 0 Å². The molecule has 0 amide bonds. The highest BCUT2D eigenvalue weighted by atomic mass is 127. The molecule has 0 heterocycles. The summed E-state index contributed by atoms with van der Waals surface area (Å²) in [5.74, 6) is 0.411. The zero-order valence-corrected chi connectivity index (χ0v) is 10.6. The second kappa shape index (κ2) is 4.42. The molecule has 1 rings (SSSR count). The molecular weight excluding hydrogens is 327 g/mol. The van der Waals surface area contributed by atoms with Crippen LogP contribution in [0.3, 0.4) is 0 Å². The van der Waals surface area contributed by atoms with Crippen molar-refractivity contribution in [2.45, 2.75) is 12.8 Å². The average molecular weight is 337 g/mol. The molecule has 0 radical (unpaired) electrons. The Morgan fingerprint density at radius 3 is 2.83 bits per heavy atom. The highest BCUT2D eigenvalue weighted by Gasteiger charge is 2.07. The van der Waals surface area contributed by atoms with E-state index in [2.05, 4.69) is 70.2 Å². The van der Waals surface area contributed by atoms with E-state index in [0.717, 1.165) is 0 Å². The third kappa shape index (κ3) is 2.10. The van der Waals surface area contributed by atoms with Crippen molar-refractivity contribution in [2.24, 2.45) is 0 Å². The van der Waals surface area contributed by atoms with Gasteiger partial charge in [-0.25, -0.2) is 0 Å². The molecule has 1 aromatic rings. The van der Waals surface area contributed by atoms with E-state index in [0.29, 0.717) is 5.92 Å². The molecule has 0 fully saturated rings. The van der Waals surface area contributed by atoms with Gasteiger partial charge in [-0.1, -0.05) is 25.1 Å². The van der Waals surface area contributed by atoms with Gasteiger partial charge in [-0.2, -0.15) is 0 Å². The molecule has 0 spiro atoms. The van der Waals surface area contributed by atoms with Crippen molar-refractivity contribution in [1.29, 1.82) is 0 Å². The zero-order chi connectivity index (χ0) is 9.14. The summed E-state index contributed by atoms with van der Waals surface area (Å²) in [5, 5.41) is 0. The molecule has 1 aromatic carbocycles. The zero-order valence-electron chi connectivity index (χ0n) is 6.85. The van der Waals surface area contributed by atoms with Crippen molar-refractivity contribution >= 4 is 38.5 Å². The van der Waals surface area contributed by atoms with Gasteiger partial charge >= 0.3 is 0 Å². The smallest absolute Gasteiger partial charge is 0.0346 e. The first-order valence-corrected chi connectivity index (χ1v) is 5.60. The lowest BCUT2D eigenvalue weighted by molar-refractivity contribution is 0.961. The first-order chi connectivity index (χ1) is 5.66. The van der Waals surface area contributed by atoms with E-state index in [-0.39, 0.29) is 0 Å². The van der Waals surface area contributed by atoms with Crippen LogP contribution in [0.4, 0.5) is 0 Å². The number of benzene rings is 1. The molecule has 0 saturated carbocycles. The van der Waals surface area contributed by atoms with Gasteiger partial charge in [-0.3, -0.25) is 0 Å². The number of hydrogen-bond donors (Lipinski definition) is 0. The summed E-state index contributed by atoms with van der Waals surface area (Å²) in [6, 6.07) is 6.28. The topological polar surface area (TPSA) is 0 Å². The molecule has 0 nitrogen and oxygen atoms in total. The van der Waals surface area contributed by atoms with Gasteiger partial charge in [0.1, 0.15) is 0 Å². The summed E-state index contributed by atoms with van der Waals surface area (Å²) in [6.07, 6.45) is 1.95. The molecule has 0 aliphatic rings. The van der Waals surface area contributed by atoms with Crippen molar-refractivity contribution in [1.82, 2.24) is 0 Å². The molecule has 0 aliphatic carbocycles. The van der Waals surface area contributed by atoms with Crippen LogP contribution in [0.1, 0.15) is 18.4 Å². The largest absolute Gasteiger partial charge is 0.102 e. The van der Waals surface area contributed by atoms with Gasteiger partial charge in [-0.15, -0.1) is 6.58 Å². The lowest BCUT2D eigenvalue weighted by atomic mass is 10.0. The highest BCUT2D eigenvalue weighted by Crippen LogP contribution is 2.29. The van der Waals surface area contributed by atoms with Gasteiger partial charge in [0.25, 0.3) is 0 Å². The van der Waals surface area contributed by atoms with E-state index < -0.39 is 0 Å². The maximum atomic E-state index is 3.78. The number of hydrogen-bond acceptors (Lipinski definition) is 0. The summed E-state index contributed by atoms with van der Waals surface area (Å²) in [5.41, 5.74) is 1.30. The minimum atomic E-state index is 0.411. The number of rotatable bonds is 2. The Bertz CT molecular complexity index is 294. The van der Waals surface area contributed by atoms with E-state index in [4.69, 9.17) is 0 Å². The molecule has 2 heteroatoms. The fraction of sp³-hybridized carbons (Fsp3) is 0.200. The lowest BCUT2D eigenvalue weighted by Gasteiger charge is -2.09. The van der Waals surface area contributed by atoms with E-state index in [1.807, 2.05) is 6.08 Å². The first-order valence-electron chi connectivity index (χ1n) is 3.73. The molecule has 0 aromatic heterocycles. The quantitative estimate of drug-likeness (QED) is 0.556. The summed E-state index contributed by atoms with van der Waals surface area (Å²) in [6.45, 7) is 5.93. The third-order valence-electron chi connectivity index (χ3n) is 1.83. The first kappa shape index (κ1) is 10.3. The summed E-state index contributed by atoms with van der Waals surface area (Å²) >= 11 is 5.88. The predicted octanol–water partition coefficient (Wildman–Crippen LogP) is 4.34. The van der Waals surface area contributed by atoms with E-state index >= 15 is 0 Å². The molecule has 0 bridgehead atoms. The predicted molar refractivity (Wildman–Crippen MR) is 65.5 cm³/mol. The van der Waals surface area contributed by atoms with Gasteiger partial charge in [0.05, 0.1) is 0 Å². The fourth-order valence-corrected chi connectivity index (χ4v) is 2.14. The maximum Gasteiger partial charge on any atom is 0.0346 e. The van der Waals surface area contributed by atoms with Crippen LogP contribution in [0.2, 0.25) is 0 Å². The molecule has 0 N–H and O–H groups in total. The summed E-state index contributed by atoms with van der Waals surface area (Å²) in [4.78, 5) is 0. The van der Waals surface area contributed by atoms with Gasteiger partial charge in [-0.05, 0) is 56.1 Å². The number of halogens is 2. The maximum absolute atomic E-state index is 3.78. The van der Waals surface area contributed by atoms with Crippen molar-refractivity contribution in [3.63, 3.8) is 0 Å². The standard InChI is InChI=1S/C10H10BrI/c1-3-7(2)8-5-4-6-9(12)10(8)11/h3-7H,1H2,2H3. The van der Waals surface area contributed by atoms with Gasteiger partial charge in [0.15, 0.2) is 0 Å². The fourth-order valence-electron chi connectivity index (χ4n) is 0.999. The normalized spacial score (nSPS) is 12.6. The monoisotopic (exact) mass is 336 g/mol. The van der Waals surface area contributed by atoms with Gasteiger partial charge in [0, 0.05) is 8.04 Å². The van der Waals surface area contributed by atoms with Crippen LogP contribution < -0.4 is 0 Å². The highest BCUT2D eigenvalue weighted by molar-refractivity contribution is 14.1. The van der Waals surface area contributed by atoms with Crippen molar-refractivity contribution in [3.8, 4) is 0 Å². The van der Waals surface area contributed by atoms with Crippen LogP contribution in [0.25, 0.3) is 0 Å². The van der Waals surface area contributed by atoms with Crippen molar-refractivity contribution in [2.75, 3.05) is 0 Å². The Hall–Kier alpha value is 0.170. The molecule has 12 heavy (non-hydrogen) atoms. The molecule has 0 aliphatic heterocycles. The van der Waals surface area contributed by atoms with E-state index in [1.165, 1.54) is 13.6 Å². The Labute approximate surface area is 95.3 Å². The van der Waals surface area contributed by atoms with E-state index in [9.17, 15) is 0 Å². The minimum absolute atomic E-state index is 0.411. The minimum Gasteiger partial charge on any atom is -0.102 e. The van der Waals surface area contributed by atoms with E-state index in [1.54, 1.807) is 0 Å². The van der Waals surface area contributed by atoms with Gasteiger partial charge in [0.2, 0.25) is 0 Å². The second-order valence-electron chi connectivity index (χ2n) is 2.67. The Morgan fingerprint density at radius 2 is 2.25 bits per heavy atom. The van der Waals surface area contributed by atoms with Gasteiger partial charge < -0.3 is 0 Å². The molecule has 1 unspecified atom stereocenters. The van der Waals surface area contributed by atoms with Crippen LogP contribution in [0.5, 0.6) is 0 Å². The Balaban J connectivity index is 3.15. The third-order valence-corrected chi connectivity index (χ3v) is 4.35. The van der Waals surface area contributed by atoms with Crippen molar-refractivity contribution < 1.29 is 0 Å². The van der Waals surface area contributed by atoms with Crippen LogP contribution in [0.15, 0.2) is 35.3 Å². The van der Waals surface area contributed by atoms with Crippen LogP contribution >= 0.6 is 38.5 Å². The molecule has 1 atom stereocenters. The second-order valence-corrected chi connectivity index (χ2v) is 4.62.